The number of aliphatic hydroxyl groups is 1. The normalized spacial score (nSPS) is 35.6. The zero-order chi connectivity index (χ0) is 17.4. The summed E-state index contributed by atoms with van der Waals surface area (Å²) in [6.45, 7) is 0.804. The summed E-state index contributed by atoms with van der Waals surface area (Å²) >= 11 is 0. The highest BCUT2D eigenvalue weighted by Gasteiger charge is 2.50. The summed E-state index contributed by atoms with van der Waals surface area (Å²) in [7, 11) is 0. The van der Waals surface area contributed by atoms with Gasteiger partial charge in [-0.1, -0.05) is 0 Å². The minimum Gasteiger partial charge on any atom is -0.420 e. The molecule has 3 fully saturated rings. The molecule has 1 aromatic heterocycles. The van der Waals surface area contributed by atoms with Crippen molar-refractivity contribution in [1.82, 2.24) is 15.1 Å². The first-order valence-electron chi connectivity index (χ1n) is 9.15. The van der Waals surface area contributed by atoms with Gasteiger partial charge in [0.1, 0.15) is 17.8 Å². The quantitative estimate of drug-likeness (QED) is 0.892. The number of piperidine rings is 1. The van der Waals surface area contributed by atoms with E-state index in [1.54, 1.807) is 4.90 Å². The molecule has 7 nitrogen and oxygen atoms in total. The van der Waals surface area contributed by atoms with Crippen molar-refractivity contribution in [2.24, 2.45) is 5.92 Å². The van der Waals surface area contributed by atoms with Crippen molar-refractivity contribution in [2.45, 2.75) is 62.8 Å². The number of likely N-dealkylation sites (tertiary alicyclic amines) is 1. The van der Waals surface area contributed by atoms with Gasteiger partial charge in [-0.05, 0) is 44.9 Å². The van der Waals surface area contributed by atoms with E-state index in [4.69, 9.17) is 14.3 Å². The summed E-state index contributed by atoms with van der Waals surface area (Å²) < 4.78 is 25.3. The summed E-state index contributed by atoms with van der Waals surface area (Å²) in [6, 6.07) is -0.243. The molecule has 1 aliphatic carbocycles. The first kappa shape index (κ1) is 16.9. The fraction of sp³-hybridized carbons (Fsp3) is 0.824. The summed E-state index contributed by atoms with van der Waals surface area (Å²) in [6.07, 6.45) is 4.57. The molecule has 0 bridgehead atoms. The van der Waals surface area contributed by atoms with Gasteiger partial charge in [0.05, 0.1) is 6.61 Å². The molecule has 1 aromatic rings. The van der Waals surface area contributed by atoms with E-state index in [1.165, 1.54) is 0 Å². The lowest BCUT2D eigenvalue weighted by molar-refractivity contribution is -0.151. The first-order valence-corrected chi connectivity index (χ1v) is 9.15. The van der Waals surface area contributed by atoms with Crippen molar-refractivity contribution in [3.05, 3.63) is 11.8 Å². The molecule has 4 rings (SSSR count). The van der Waals surface area contributed by atoms with Gasteiger partial charge in [-0.2, -0.15) is 0 Å². The third-order valence-corrected chi connectivity index (χ3v) is 5.59. The van der Waals surface area contributed by atoms with Gasteiger partial charge >= 0.3 is 0 Å². The number of hydrogen-bond donors (Lipinski definition) is 1. The molecule has 0 spiro atoms. The lowest BCUT2D eigenvalue weighted by atomic mass is 9.71. The fourth-order valence-electron chi connectivity index (χ4n) is 4.10. The minimum atomic E-state index is -1.59. The predicted molar refractivity (Wildman–Crippen MR) is 84.2 cm³/mol. The Hall–Kier alpha value is -1.54. The van der Waals surface area contributed by atoms with Crippen molar-refractivity contribution in [2.75, 3.05) is 19.8 Å². The van der Waals surface area contributed by atoms with E-state index < -0.39 is 12.3 Å². The molecule has 1 N–H and O–H groups in total. The summed E-state index contributed by atoms with van der Waals surface area (Å²) in [5.41, 5.74) is -1.59. The molecule has 1 unspecified atom stereocenters. The van der Waals surface area contributed by atoms with Crippen molar-refractivity contribution in [3.63, 3.8) is 0 Å². The molecule has 1 amide bonds. The Labute approximate surface area is 145 Å². The number of halogens is 1. The zero-order valence-corrected chi connectivity index (χ0v) is 14.2. The van der Waals surface area contributed by atoms with Crippen LogP contribution in [0.25, 0.3) is 0 Å². The molecular formula is C17H24FN3O4. The van der Waals surface area contributed by atoms with Gasteiger partial charge in [-0.3, -0.25) is 4.79 Å². The number of amides is 1. The van der Waals surface area contributed by atoms with Crippen molar-refractivity contribution < 1.29 is 23.4 Å². The van der Waals surface area contributed by atoms with E-state index in [-0.39, 0.29) is 36.8 Å². The third-order valence-electron chi connectivity index (χ3n) is 5.59. The highest BCUT2D eigenvalue weighted by molar-refractivity contribution is 5.80. The highest BCUT2D eigenvalue weighted by atomic mass is 19.1. The number of alkyl halides is 1. The third kappa shape index (κ3) is 3.17. The molecule has 138 valence electrons. The molecule has 25 heavy (non-hydrogen) atoms. The monoisotopic (exact) mass is 353 g/mol. The maximum Gasteiger partial charge on any atom is 0.245 e. The van der Waals surface area contributed by atoms with Gasteiger partial charge in [0.15, 0.2) is 0 Å². The number of aliphatic hydroxyl groups excluding tert-OH is 1. The van der Waals surface area contributed by atoms with E-state index in [2.05, 4.69) is 10.2 Å². The number of nitrogens with zero attached hydrogens (tertiary/aromatic N) is 3. The van der Waals surface area contributed by atoms with Crippen molar-refractivity contribution in [3.8, 4) is 0 Å². The largest absolute Gasteiger partial charge is 0.420 e. The van der Waals surface area contributed by atoms with Crippen LogP contribution < -0.4 is 0 Å². The van der Waals surface area contributed by atoms with Crippen LogP contribution in [-0.2, 0) is 9.53 Å². The van der Waals surface area contributed by atoms with Crippen LogP contribution in [0.1, 0.15) is 68.9 Å². The van der Waals surface area contributed by atoms with Crippen LogP contribution in [0.15, 0.2) is 4.42 Å². The zero-order valence-electron chi connectivity index (χ0n) is 14.2. The maximum atomic E-state index is 13.9. The molecule has 3 aliphatic rings. The maximum absolute atomic E-state index is 13.9. The van der Waals surface area contributed by atoms with E-state index in [0.29, 0.717) is 24.9 Å². The lowest BCUT2D eigenvalue weighted by Gasteiger charge is -2.43. The first-order chi connectivity index (χ1) is 12.1. The SMILES string of the molecule is O=C(C1CC(F)(CO)C1)N1CCCCC1c1nnc([C@H]2CCCO2)o1. The second-order valence-electron chi connectivity index (χ2n) is 7.44. The van der Waals surface area contributed by atoms with Gasteiger partial charge in [0.2, 0.25) is 17.7 Å². The van der Waals surface area contributed by atoms with E-state index >= 15 is 0 Å². The highest BCUT2D eigenvalue weighted by Crippen LogP contribution is 2.44. The number of rotatable bonds is 4. The molecular weight excluding hydrogens is 329 g/mol. The molecule has 0 radical (unpaired) electrons. The second-order valence-corrected chi connectivity index (χ2v) is 7.44. The molecule has 8 heteroatoms. The van der Waals surface area contributed by atoms with Gasteiger partial charge in [-0.25, -0.2) is 4.39 Å². The Bertz CT molecular complexity index is 625. The Morgan fingerprint density at radius 3 is 2.76 bits per heavy atom. The Balaban J connectivity index is 1.47. The molecule has 2 aliphatic heterocycles. The van der Waals surface area contributed by atoms with Crippen LogP contribution in [0.3, 0.4) is 0 Å². The van der Waals surface area contributed by atoms with Crippen LogP contribution in [0, 0.1) is 5.92 Å². The standard InChI is InChI=1S/C17H24FN3O4/c18-17(10-22)8-11(9-17)16(23)21-6-2-1-4-12(21)14-19-20-15(25-14)13-5-3-7-24-13/h11-13,22H,1-10H2/t11?,12?,13-,17?/m1/s1. The summed E-state index contributed by atoms with van der Waals surface area (Å²) in [5.74, 6) is 0.505. The summed E-state index contributed by atoms with van der Waals surface area (Å²) in [4.78, 5) is 14.6. The topological polar surface area (TPSA) is 88.7 Å². The van der Waals surface area contributed by atoms with Crippen LogP contribution in [0.5, 0.6) is 0 Å². The average Bonchev–Trinajstić information content (AvgIpc) is 3.29. The molecule has 1 saturated carbocycles. The van der Waals surface area contributed by atoms with Crippen LogP contribution in [0.2, 0.25) is 0 Å². The fourth-order valence-corrected chi connectivity index (χ4v) is 4.10. The second kappa shape index (κ2) is 6.64. The molecule has 2 saturated heterocycles. The lowest BCUT2D eigenvalue weighted by Crippen LogP contribution is -2.52. The molecule has 3 heterocycles. The van der Waals surface area contributed by atoms with Gasteiger partial charge in [0, 0.05) is 19.1 Å². The Morgan fingerprint density at radius 2 is 2.04 bits per heavy atom. The number of carbonyl (C=O) groups is 1. The molecule has 0 aromatic carbocycles. The average molecular weight is 353 g/mol. The smallest absolute Gasteiger partial charge is 0.245 e. The van der Waals surface area contributed by atoms with Crippen LogP contribution in [-0.4, -0.2) is 51.5 Å². The van der Waals surface area contributed by atoms with Crippen LogP contribution >= 0.6 is 0 Å². The number of ether oxygens (including phenoxy) is 1. The van der Waals surface area contributed by atoms with Crippen molar-refractivity contribution in [1.29, 1.82) is 0 Å². The van der Waals surface area contributed by atoms with Gasteiger partial charge in [-0.15, -0.1) is 10.2 Å². The number of hydrogen-bond acceptors (Lipinski definition) is 6. The van der Waals surface area contributed by atoms with E-state index in [9.17, 15) is 9.18 Å². The van der Waals surface area contributed by atoms with Crippen molar-refractivity contribution >= 4 is 5.91 Å². The van der Waals surface area contributed by atoms with E-state index in [1.807, 2.05) is 0 Å². The Morgan fingerprint density at radius 1 is 1.24 bits per heavy atom. The predicted octanol–water partition coefficient (Wildman–Crippen LogP) is 2.09. The van der Waals surface area contributed by atoms with Crippen LogP contribution in [0.4, 0.5) is 4.39 Å². The van der Waals surface area contributed by atoms with Gasteiger partial charge < -0.3 is 19.2 Å². The van der Waals surface area contributed by atoms with Gasteiger partial charge in [0.25, 0.3) is 0 Å². The Kier molecular flexibility index (Phi) is 4.49. The number of carbonyl (C=O) groups excluding carboxylic acids is 1. The van der Waals surface area contributed by atoms with E-state index in [0.717, 1.165) is 32.1 Å². The summed E-state index contributed by atoms with van der Waals surface area (Å²) in [5, 5.41) is 17.3. The number of aromatic nitrogens is 2. The minimum absolute atomic E-state index is 0.0664. The molecule has 2 atom stereocenters.